The summed E-state index contributed by atoms with van der Waals surface area (Å²) in [6.45, 7) is 8.86. The number of carbonyl (C=O) groups excluding carboxylic acids is 1. The highest BCUT2D eigenvalue weighted by Crippen LogP contribution is 2.23. The molecule has 1 aromatic carbocycles. The van der Waals surface area contributed by atoms with Crippen LogP contribution >= 0.6 is 0 Å². The van der Waals surface area contributed by atoms with Gasteiger partial charge in [0.15, 0.2) is 0 Å². The fraction of sp³-hybridized carbons (Fsp3) is 0.481. The first kappa shape index (κ1) is 24.8. The van der Waals surface area contributed by atoms with Gasteiger partial charge in [-0.2, -0.15) is 0 Å². The van der Waals surface area contributed by atoms with Crippen molar-refractivity contribution in [2.75, 3.05) is 31.1 Å². The number of imidazole rings is 1. The van der Waals surface area contributed by atoms with Crippen molar-refractivity contribution in [2.24, 2.45) is 0 Å². The van der Waals surface area contributed by atoms with E-state index in [0.717, 1.165) is 79.5 Å². The molecule has 0 bridgehead atoms. The van der Waals surface area contributed by atoms with E-state index in [1.807, 2.05) is 23.4 Å². The van der Waals surface area contributed by atoms with Gasteiger partial charge < -0.3 is 14.8 Å². The molecule has 0 atom stereocenters. The van der Waals surface area contributed by atoms with Crippen LogP contribution in [-0.4, -0.2) is 56.9 Å². The summed E-state index contributed by atoms with van der Waals surface area (Å²) in [5, 5.41) is 0. The Kier molecular flexibility index (Phi) is 8.10. The molecule has 0 unspecified atom stereocenters. The van der Waals surface area contributed by atoms with Gasteiger partial charge in [-0.1, -0.05) is 20.3 Å². The van der Waals surface area contributed by atoms with E-state index in [1.54, 1.807) is 13.0 Å². The quantitative estimate of drug-likeness (QED) is 0.490. The summed E-state index contributed by atoms with van der Waals surface area (Å²) in [5.74, 6) is 1.48. The molecule has 0 radical (unpaired) electrons. The molecule has 35 heavy (non-hydrogen) atoms. The first-order chi connectivity index (χ1) is 17.0. The number of amides is 1. The van der Waals surface area contributed by atoms with Crippen LogP contribution in [-0.2, 0) is 24.1 Å². The van der Waals surface area contributed by atoms with Crippen LogP contribution in [0.1, 0.15) is 55.6 Å². The third kappa shape index (κ3) is 6.05. The van der Waals surface area contributed by atoms with Crippen molar-refractivity contribution in [3.63, 3.8) is 0 Å². The standard InChI is InChI=1S/C27H35FN6O/c1-4-7-23-24(32-26(31-23)21-10-11-22(28)19(3)16-21)8-6-9-25(35)33-12-14-34(15-13-33)27-29-17-20(5-2)18-30-27/h10-11,16-18H,4-9,12-15H2,1-3H3,(H,31,32). The number of nitrogens with one attached hydrogen (secondary N) is 1. The number of H-pyrrole nitrogens is 1. The Morgan fingerprint density at radius 1 is 1.09 bits per heavy atom. The van der Waals surface area contributed by atoms with Crippen LogP contribution in [0.25, 0.3) is 11.4 Å². The molecule has 4 rings (SSSR count). The van der Waals surface area contributed by atoms with Crippen molar-refractivity contribution in [3.05, 3.63) is 58.9 Å². The lowest BCUT2D eigenvalue weighted by atomic mass is 10.1. The van der Waals surface area contributed by atoms with E-state index >= 15 is 0 Å². The second-order valence-electron chi connectivity index (χ2n) is 9.19. The maximum Gasteiger partial charge on any atom is 0.225 e. The van der Waals surface area contributed by atoms with Gasteiger partial charge in [-0.25, -0.2) is 19.3 Å². The van der Waals surface area contributed by atoms with Gasteiger partial charge in [0, 0.05) is 56.3 Å². The zero-order valence-electron chi connectivity index (χ0n) is 21.0. The fourth-order valence-electron chi connectivity index (χ4n) is 4.45. The van der Waals surface area contributed by atoms with E-state index in [2.05, 4.69) is 33.7 Å². The topological polar surface area (TPSA) is 78.0 Å². The lowest BCUT2D eigenvalue weighted by molar-refractivity contribution is -0.131. The van der Waals surface area contributed by atoms with Crippen LogP contribution in [0.2, 0.25) is 0 Å². The van der Waals surface area contributed by atoms with Gasteiger partial charge in [0.05, 0.1) is 5.69 Å². The number of hydrogen-bond donors (Lipinski definition) is 1. The second-order valence-corrected chi connectivity index (χ2v) is 9.19. The summed E-state index contributed by atoms with van der Waals surface area (Å²) in [5.41, 5.74) is 4.73. The molecule has 1 saturated heterocycles. The minimum atomic E-state index is -0.212. The lowest BCUT2D eigenvalue weighted by Crippen LogP contribution is -2.49. The number of aromatic nitrogens is 4. The van der Waals surface area contributed by atoms with E-state index in [9.17, 15) is 9.18 Å². The Balaban J connectivity index is 1.30. The maximum absolute atomic E-state index is 13.7. The molecule has 1 aliphatic rings. The number of benzene rings is 1. The first-order valence-electron chi connectivity index (χ1n) is 12.7. The van der Waals surface area contributed by atoms with E-state index in [4.69, 9.17) is 4.98 Å². The number of piperazine rings is 1. The molecule has 1 aliphatic heterocycles. The Hall–Kier alpha value is -3.29. The molecule has 7 nitrogen and oxygen atoms in total. The Morgan fingerprint density at radius 2 is 1.83 bits per heavy atom. The van der Waals surface area contributed by atoms with Crippen molar-refractivity contribution in [2.45, 2.75) is 59.3 Å². The van der Waals surface area contributed by atoms with Gasteiger partial charge in [0.1, 0.15) is 11.6 Å². The number of aromatic amines is 1. The predicted molar refractivity (Wildman–Crippen MR) is 136 cm³/mol. The number of hydrogen-bond acceptors (Lipinski definition) is 5. The molecule has 0 saturated carbocycles. The average Bonchev–Trinajstić information content (AvgIpc) is 3.28. The van der Waals surface area contributed by atoms with Crippen molar-refractivity contribution in [1.29, 1.82) is 0 Å². The normalized spacial score (nSPS) is 13.9. The number of nitrogens with zero attached hydrogens (tertiary/aromatic N) is 5. The van der Waals surface area contributed by atoms with Gasteiger partial charge in [0.25, 0.3) is 0 Å². The minimum absolute atomic E-state index is 0.189. The summed E-state index contributed by atoms with van der Waals surface area (Å²) in [6.07, 6.45) is 8.60. The monoisotopic (exact) mass is 478 g/mol. The van der Waals surface area contributed by atoms with Crippen LogP contribution in [0.3, 0.4) is 0 Å². The molecule has 3 heterocycles. The first-order valence-corrected chi connectivity index (χ1v) is 12.7. The molecule has 0 aliphatic carbocycles. The molecule has 1 amide bonds. The van der Waals surface area contributed by atoms with E-state index in [0.29, 0.717) is 25.1 Å². The predicted octanol–water partition coefficient (Wildman–Crippen LogP) is 4.50. The maximum atomic E-state index is 13.7. The molecule has 1 fully saturated rings. The SMILES string of the molecule is CCCc1[nH]c(-c2ccc(F)c(C)c2)nc1CCCC(=O)N1CCN(c2ncc(CC)cn2)CC1. The highest BCUT2D eigenvalue weighted by atomic mass is 19.1. The highest BCUT2D eigenvalue weighted by Gasteiger charge is 2.22. The number of anilines is 1. The molecule has 8 heteroatoms. The molecule has 186 valence electrons. The largest absolute Gasteiger partial charge is 0.342 e. The highest BCUT2D eigenvalue weighted by molar-refractivity contribution is 5.76. The zero-order valence-corrected chi connectivity index (χ0v) is 21.0. The van der Waals surface area contributed by atoms with Crippen LogP contribution < -0.4 is 4.90 Å². The molecule has 3 aromatic rings. The van der Waals surface area contributed by atoms with E-state index < -0.39 is 0 Å². The van der Waals surface area contributed by atoms with Gasteiger partial charge in [-0.15, -0.1) is 0 Å². The molecule has 1 N–H and O–H groups in total. The van der Waals surface area contributed by atoms with Crippen molar-refractivity contribution in [3.8, 4) is 11.4 Å². The van der Waals surface area contributed by atoms with Gasteiger partial charge >= 0.3 is 0 Å². The average molecular weight is 479 g/mol. The third-order valence-electron chi connectivity index (χ3n) is 6.62. The number of aryl methyl sites for hydroxylation is 4. The molecule has 2 aromatic heterocycles. The third-order valence-corrected chi connectivity index (χ3v) is 6.62. The summed E-state index contributed by atoms with van der Waals surface area (Å²) < 4.78 is 13.7. The van der Waals surface area contributed by atoms with Crippen LogP contribution in [0, 0.1) is 12.7 Å². The molecular formula is C27H35FN6O. The van der Waals surface area contributed by atoms with Crippen LogP contribution in [0.4, 0.5) is 10.3 Å². The smallest absolute Gasteiger partial charge is 0.225 e. The molecule has 0 spiro atoms. The van der Waals surface area contributed by atoms with Crippen molar-refractivity contribution in [1.82, 2.24) is 24.8 Å². The fourth-order valence-corrected chi connectivity index (χ4v) is 4.45. The second kappa shape index (κ2) is 11.4. The van der Waals surface area contributed by atoms with Crippen LogP contribution in [0.15, 0.2) is 30.6 Å². The summed E-state index contributed by atoms with van der Waals surface area (Å²) in [6, 6.07) is 5.06. The lowest BCUT2D eigenvalue weighted by Gasteiger charge is -2.34. The zero-order chi connectivity index (χ0) is 24.8. The Morgan fingerprint density at radius 3 is 2.49 bits per heavy atom. The minimum Gasteiger partial charge on any atom is -0.342 e. The van der Waals surface area contributed by atoms with E-state index in [-0.39, 0.29) is 11.7 Å². The van der Waals surface area contributed by atoms with Gasteiger partial charge in [-0.05, 0) is 61.9 Å². The van der Waals surface area contributed by atoms with Crippen molar-refractivity contribution < 1.29 is 9.18 Å². The van der Waals surface area contributed by atoms with Gasteiger partial charge in [0.2, 0.25) is 11.9 Å². The number of rotatable bonds is 9. The summed E-state index contributed by atoms with van der Waals surface area (Å²) >= 11 is 0. The summed E-state index contributed by atoms with van der Waals surface area (Å²) in [7, 11) is 0. The Labute approximate surface area is 206 Å². The van der Waals surface area contributed by atoms with Gasteiger partial charge in [-0.3, -0.25) is 4.79 Å². The van der Waals surface area contributed by atoms with Crippen molar-refractivity contribution >= 4 is 11.9 Å². The Bertz CT molecular complexity index is 1140. The number of halogens is 1. The number of carbonyl (C=O) groups is 1. The molecular weight excluding hydrogens is 443 g/mol. The van der Waals surface area contributed by atoms with E-state index in [1.165, 1.54) is 6.07 Å². The summed E-state index contributed by atoms with van der Waals surface area (Å²) in [4.78, 5) is 34.1. The van der Waals surface area contributed by atoms with Crippen LogP contribution in [0.5, 0.6) is 0 Å².